The van der Waals surface area contributed by atoms with Gasteiger partial charge in [-0.1, -0.05) is 19.3 Å². The van der Waals surface area contributed by atoms with Gasteiger partial charge in [0.25, 0.3) is 0 Å². The molecular formula is C8H18N2O2S. The summed E-state index contributed by atoms with van der Waals surface area (Å²) in [5, 5.41) is 0. The van der Waals surface area contributed by atoms with Crippen LogP contribution in [0.2, 0.25) is 0 Å². The van der Waals surface area contributed by atoms with Gasteiger partial charge in [0, 0.05) is 12.1 Å². The Morgan fingerprint density at radius 2 is 1.85 bits per heavy atom. The monoisotopic (exact) mass is 206 g/mol. The minimum atomic E-state index is -3.12. The van der Waals surface area contributed by atoms with E-state index in [9.17, 15) is 8.42 Å². The highest BCUT2D eigenvalue weighted by atomic mass is 32.2. The second-order valence-electron chi connectivity index (χ2n) is 3.92. The van der Waals surface area contributed by atoms with Crippen molar-refractivity contribution in [2.45, 2.75) is 37.6 Å². The number of rotatable bonds is 3. The van der Waals surface area contributed by atoms with Crippen LogP contribution in [0.4, 0.5) is 0 Å². The molecule has 0 spiro atoms. The Labute approximate surface area is 79.9 Å². The number of hydrogen-bond donors (Lipinski definition) is 2. The second kappa shape index (κ2) is 3.94. The topological polar surface area (TPSA) is 72.2 Å². The quantitative estimate of drug-likeness (QED) is 0.692. The first-order chi connectivity index (χ1) is 5.97. The van der Waals surface area contributed by atoms with Crippen LogP contribution in [-0.2, 0) is 10.0 Å². The predicted molar refractivity (Wildman–Crippen MR) is 52.8 cm³/mol. The van der Waals surface area contributed by atoms with Gasteiger partial charge in [-0.25, -0.2) is 13.1 Å². The van der Waals surface area contributed by atoms with Crippen LogP contribution in [0.5, 0.6) is 0 Å². The largest absolute Gasteiger partial charge is 0.329 e. The molecule has 1 rings (SSSR count). The Balaban J connectivity index is 2.68. The van der Waals surface area contributed by atoms with Crippen molar-refractivity contribution in [3.05, 3.63) is 0 Å². The number of hydrogen-bond acceptors (Lipinski definition) is 3. The Morgan fingerprint density at radius 1 is 1.31 bits per heavy atom. The van der Waals surface area contributed by atoms with Crippen molar-refractivity contribution in [1.29, 1.82) is 0 Å². The van der Waals surface area contributed by atoms with E-state index in [0.717, 1.165) is 25.7 Å². The first-order valence-corrected chi connectivity index (χ1v) is 6.56. The molecule has 0 radical (unpaired) electrons. The molecule has 13 heavy (non-hydrogen) atoms. The van der Waals surface area contributed by atoms with Crippen LogP contribution in [0.25, 0.3) is 0 Å². The molecule has 4 nitrogen and oxygen atoms in total. The molecule has 0 saturated heterocycles. The lowest BCUT2D eigenvalue weighted by Gasteiger charge is -2.36. The first-order valence-electron chi connectivity index (χ1n) is 4.66. The van der Waals surface area contributed by atoms with E-state index in [1.807, 2.05) is 0 Å². The zero-order chi connectivity index (χ0) is 9.95. The summed E-state index contributed by atoms with van der Waals surface area (Å²) < 4.78 is 24.9. The smallest absolute Gasteiger partial charge is 0.209 e. The van der Waals surface area contributed by atoms with Crippen molar-refractivity contribution >= 4 is 10.0 Å². The summed E-state index contributed by atoms with van der Waals surface area (Å²) >= 11 is 0. The molecule has 0 amide bonds. The van der Waals surface area contributed by atoms with Gasteiger partial charge in [0.15, 0.2) is 0 Å². The van der Waals surface area contributed by atoms with E-state index < -0.39 is 10.0 Å². The fourth-order valence-corrected chi connectivity index (χ4v) is 3.04. The lowest BCUT2D eigenvalue weighted by molar-refractivity contribution is 0.277. The number of nitrogens with two attached hydrogens (primary N) is 1. The van der Waals surface area contributed by atoms with E-state index in [1.54, 1.807) is 0 Å². The third-order valence-corrected chi connectivity index (χ3v) is 3.41. The molecule has 0 aromatic heterocycles. The van der Waals surface area contributed by atoms with Crippen molar-refractivity contribution in [3.63, 3.8) is 0 Å². The fourth-order valence-electron chi connectivity index (χ4n) is 1.97. The third kappa shape index (κ3) is 3.25. The van der Waals surface area contributed by atoms with E-state index in [2.05, 4.69) is 4.72 Å². The molecular weight excluding hydrogens is 188 g/mol. The van der Waals surface area contributed by atoms with Gasteiger partial charge in [-0.15, -0.1) is 0 Å². The average molecular weight is 206 g/mol. The summed E-state index contributed by atoms with van der Waals surface area (Å²) in [6.45, 7) is 0.403. The van der Waals surface area contributed by atoms with Gasteiger partial charge in [-0.05, 0) is 12.8 Å². The molecule has 78 valence electrons. The summed E-state index contributed by atoms with van der Waals surface area (Å²) in [5.74, 6) is 0. The standard InChI is InChI=1S/C8H18N2O2S/c1-13(11,12)10-8(7-9)5-3-2-4-6-8/h10H,2-7,9H2,1H3. The van der Waals surface area contributed by atoms with Crippen molar-refractivity contribution in [2.24, 2.45) is 5.73 Å². The number of nitrogens with one attached hydrogen (secondary N) is 1. The minimum absolute atomic E-state index is 0.355. The zero-order valence-electron chi connectivity index (χ0n) is 8.04. The van der Waals surface area contributed by atoms with Gasteiger partial charge in [0.2, 0.25) is 10.0 Å². The van der Waals surface area contributed by atoms with Gasteiger partial charge in [-0.2, -0.15) is 0 Å². The van der Waals surface area contributed by atoms with Gasteiger partial charge < -0.3 is 5.73 Å². The van der Waals surface area contributed by atoms with E-state index in [4.69, 9.17) is 5.73 Å². The van der Waals surface area contributed by atoms with Gasteiger partial charge in [0.1, 0.15) is 0 Å². The second-order valence-corrected chi connectivity index (χ2v) is 5.67. The van der Waals surface area contributed by atoms with E-state index >= 15 is 0 Å². The maximum Gasteiger partial charge on any atom is 0.209 e. The first kappa shape index (κ1) is 10.9. The molecule has 0 atom stereocenters. The van der Waals surface area contributed by atoms with Gasteiger partial charge in [-0.3, -0.25) is 0 Å². The molecule has 1 aliphatic carbocycles. The van der Waals surface area contributed by atoms with E-state index in [0.29, 0.717) is 6.54 Å². The summed E-state index contributed by atoms with van der Waals surface area (Å²) in [6.07, 6.45) is 6.26. The third-order valence-electron chi connectivity index (χ3n) is 2.60. The maximum absolute atomic E-state index is 11.1. The molecule has 3 N–H and O–H groups in total. The molecule has 0 heterocycles. The van der Waals surface area contributed by atoms with Crippen LogP contribution in [0.1, 0.15) is 32.1 Å². The maximum atomic E-state index is 11.1. The van der Waals surface area contributed by atoms with Crippen LogP contribution in [0, 0.1) is 0 Å². The lowest BCUT2D eigenvalue weighted by atomic mass is 9.83. The highest BCUT2D eigenvalue weighted by Gasteiger charge is 2.32. The SMILES string of the molecule is CS(=O)(=O)NC1(CN)CCCCC1. The Morgan fingerprint density at radius 3 is 2.23 bits per heavy atom. The lowest BCUT2D eigenvalue weighted by Crippen LogP contribution is -2.54. The summed E-state index contributed by atoms with van der Waals surface area (Å²) in [7, 11) is -3.12. The van der Waals surface area contributed by atoms with Crippen molar-refractivity contribution in [2.75, 3.05) is 12.8 Å². The van der Waals surface area contributed by atoms with Gasteiger partial charge in [0.05, 0.1) is 6.26 Å². The number of sulfonamides is 1. The van der Waals surface area contributed by atoms with Crippen LogP contribution < -0.4 is 10.5 Å². The van der Waals surface area contributed by atoms with Crippen LogP contribution >= 0.6 is 0 Å². The summed E-state index contributed by atoms with van der Waals surface area (Å²) in [4.78, 5) is 0. The van der Waals surface area contributed by atoms with Crippen LogP contribution in [0.3, 0.4) is 0 Å². The zero-order valence-corrected chi connectivity index (χ0v) is 8.86. The summed E-state index contributed by atoms with van der Waals surface area (Å²) in [6, 6.07) is 0. The molecule has 0 aliphatic heterocycles. The van der Waals surface area contributed by atoms with Crippen LogP contribution in [-0.4, -0.2) is 26.8 Å². The molecule has 1 fully saturated rings. The minimum Gasteiger partial charge on any atom is -0.329 e. The predicted octanol–water partition coefficient (Wildman–Crippen LogP) is 0.197. The molecule has 0 bridgehead atoms. The van der Waals surface area contributed by atoms with Crippen molar-refractivity contribution in [3.8, 4) is 0 Å². The molecule has 0 aromatic carbocycles. The van der Waals surface area contributed by atoms with E-state index in [-0.39, 0.29) is 5.54 Å². The molecule has 0 aromatic rings. The fraction of sp³-hybridized carbons (Fsp3) is 1.00. The molecule has 1 aliphatic rings. The Bertz CT molecular complexity index is 255. The van der Waals surface area contributed by atoms with E-state index in [1.165, 1.54) is 12.7 Å². The molecule has 1 saturated carbocycles. The highest BCUT2D eigenvalue weighted by molar-refractivity contribution is 7.88. The average Bonchev–Trinajstić information content (AvgIpc) is 2.03. The van der Waals surface area contributed by atoms with Crippen molar-refractivity contribution < 1.29 is 8.42 Å². The highest BCUT2D eigenvalue weighted by Crippen LogP contribution is 2.27. The van der Waals surface area contributed by atoms with Gasteiger partial charge >= 0.3 is 0 Å². The molecule has 0 unspecified atom stereocenters. The normalized spacial score (nSPS) is 22.9. The Hall–Kier alpha value is -0.130. The summed E-state index contributed by atoms with van der Waals surface area (Å²) in [5.41, 5.74) is 5.26. The van der Waals surface area contributed by atoms with Crippen LogP contribution in [0.15, 0.2) is 0 Å². The Kier molecular flexibility index (Phi) is 3.32. The molecule has 5 heteroatoms. The van der Waals surface area contributed by atoms with Crippen molar-refractivity contribution in [1.82, 2.24) is 4.72 Å².